The summed E-state index contributed by atoms with van der Waals surface area (Å²) in [6.45, 7) is 1.66. The molecule has 0 spiro atoms. The monoisotopic (exact) mass is 306 g/mol. The van der Waals surface area contributed by atoms with E-state index < -0.39 is 9.84 Å². The van der Waals surface area contributed by atoms with E-state index in [1.54, 1.807) is 0 Å². The third-order valence-electron chi connectivity index (χ3n) is 3.98. The van der Waals surface area contributed by atoms with Gasteiger partial charge in [-0.1, -0.05) is 12.1 Å². The molecule has 1 saturated carbocycles. The Morgan fingerprint density at radius 1 is 1.29 bits per heavy atom. The number of rotatable bonds is 7. The zero-order valence-electron chi connectivity index (χ0n) is 12.4. The van der Waals surface area contributed by atoms with Gasteiger partial charge in [0.2, 0.25) is 0 Å². The molecule has 21 heavy (non-hydrogen) atoms. The van der Waals surface area contributed by atoms with E-state index in [9.17, 15) is 8.42 Å². The Balaban J connectivity index is 1.73. The first kappa shape index (κ1) is 14.6. The summed E-state index contributed by atoms with van der Waals surface area (Å²) in [7, 11) is -2.87. The van der Waals surface area contributed by atoms with Gasteiger partial charge in [-0.15, -0.1) is 0 Å². The van der Waals surface area contributed by atoms with Crippen LogP contribution < -0.4 is 5.32 Å². The molecule has 0 bridgehead atoms. The van der Waals surface area contributed by atoms with Gasteiger partial charge < -0.3 is 9.88 Å². The van der Waals surface area contributed by atoms with Crippen molar-refractivity contribution in [3.8, 4) is 0 Å². The molecule has 0 amide bonds. The van der Waals surface area contributed by atoms with E-state index in [2.05, 4.69) is 40.3 Å². The number of benzene rings is 1. The van der Waals surface area contributed by atoms with Crippen molar-refractivity contribution in [3.63, 3.8) is 0 Å². The highest BCUT2D eigenvalue weighted by atomic mass is 32.2. The average molecular weight is 306 g/mol. The Morgan fingerprint density at radius 2 is 2.10 bits per heavy atom. The predicted molar refractivity (Wildman–Crippen MR) is 86.1 cm³/mol. The summed E-state index contributed by atoms with van der Waals surface area (Å²) < 4.78 is 24.6. The number of hydrogen-bond donors (Lipinski definition) is 1. The lowest BCUT2D eigenvalue weighted by Gasteiger charge is -2.08. The molecule has 0 radical (unpaired) electrons. The molecule has 114 valence electrons. The fraction of sp³-hybridized carbons (Fsp3) is 0.500. The lowest BCUT2D eigenvalue weighted by Crippen LogP contribution is -2.15. The van der Waals surface area contributed by atoms with E-state index in [0.29, 0.717) is 12.5 Å². The van der Waals surface area contributed by atoms with E-state index in [1.807, 2.05) is 0 Å². The van der Waals surface area contributed by atoms with Crippen LogP contribution in [-0.4, -0.2) is 31.0 Å². The van der Waals surface area contributed by atoms with Crippen LogP contribution in [0.25, 0.3) is 10.9 Å². The van der Waals surface area contributed by atoms with E-state index >= 15 is 0 Å². The summed E-state index contributed by atoms with van der Waals surface area (Å²) in [5, 5.41) is 4.82. The van der Waals surface area contributed by atoms with Crippen molar-refractivity contribution in [2.24, 2.45) is 0 Å². The second-order valence-electron chi connectivity index (χ2n) is 6.00. The summed E-state index contributed by atoms with van der Waals surface area (Å²) >= 11 is 0. The van der Waals surface area contributed by atoms with Gasteiger partial charge in [0, 0.05) is 42.5 Å². The number of nitrogens with one attached hydrogen (secondary N) is 1. The normalized spacial score (nSPS) is 15.7. The first-order chi connectivity index (χ1) is 10.0. The maximum absolute atomic E-state index is 11.2. The van der Waals surface area contributed by atoms with E-state index in [4.69, 9.17) is 0 Å². The molecule has 2 aromatic rings. The van der Waals surface area contributed by atoms with Crippen LogP contribution in [0.5, 0.6) is 0 Å². The Morgan fingerprint density at radius 3 is 2.81 bits per heavy atom. The molecule has 3 rings (SSSR count). The smallest absolute Gasteiger partial charge is 0.147 e. The first-order valence-corrected chi connectivity index (χ1v) is 9.57. The first-order valence-electron chi connectivity index (χ1n) is 7.51. The zero-order chi connectivity index (χ0) is 14.9. The summed E-state index contributed by atoms with van der Waals surface area (Å²) in [4.78, 5) is 0. The molecule has 0 aliphatic heterocycles. The van der Waals surface area contributed by atoms with Gasteiger partial charge in [0.1, 0.15) is 9.84 Å². The van der Waals surface area contributed by atoms with Crippen LogP contribution in [0.4, 0.5) is 0 Å². The lowest BCUT2D eigenvalue weighted by atomic mass is 10.1. The molecule has 1 aliphatic carbocycles. The topological polar surface area (TPSA) is 51.1 Å². The second-order valence-corrected chi connectivity index (χ2v) is 8.26. The minimum absolute atomic E-state index is 0.246. The molecule has 0 unspecified atom stereocenters. The minimum Gasteiger partial charge on any atom is -0.347 e. The molecule has 4 nitrogen and oxygen atoms in total. The van der Waals surface area contributed by atoms with Gasteiger partial charge >= 0.3 is 0 Å². The molecule has 1 aromatic carbocycles. The summed E-state index contributed by atoms with van der Waals surface area (Å²) in [5.74, 6) is 0.246. The summed E-state index contributed by atoms with van der Waals surface area (Å²) in [6, 6.07) is 9.20. The molecule has 0 saturated heterocycles. The Kier molecular flexibility index (Phi) is 4.04. The third kappa shape index (κ3) is 3.86. The Labute approximate surface area is 126 Å². The van der Waals surface area contributed by atoms with Crippen molar-refractivity contribution in [1.82, 2.24) is 9.88 Å². The van der Waals surface area contributed by atoms with Crippen molar-refractivity contribution in [3.05, 3.63) is 36.0 Å². The number of aryl methyl sites for hydroxylation is 1. The standard InChI is InChI=1S/C16H22N2O2S/c1-21(19,20)11-3-9-18-10-8-15-13(4-2-5-16(15)18)12-17-14-6-7-14/h2,4-5,8,10,14,17H,3,6-7,9,11-12H2,1H3. The number of fused-ring (bicyclic) bond motifs is 1. The Hall–Kier alpha value is -1.33. The molecule has 5 heteroatoms. The van der Waals surface area contributed by atoms with Crippen molar-refractivity contribution in [2.45, 2.75) is 38.4 Å². The van der Waals surface area contributed by atoms with Crippen LogP contribution >= 0.6 is 0 Å². The molecule has 1 aromatic heterocycles. The quantitative estimate of drug-likeness (QED) is 0.854. The SMILES string of the molecule is CS(=O)(=O)CCCn1ccc2c(CNC3CC3)cccc21. The Bertz CT molecular complexity index is 730. The fourth-order valence-electron chi connectivity index (χ4n) is 2.68. The molecule has 1 heterocycles. The van der Waals surface area contributed by atoms with Crippen molar-refractivity contribution >= 4 is 20.7 Å². The summed E-state index contributed by atoms with van der Waals surface area (Å²) in [5.41, 5.74) is 2.51. The van der Waals surface area contributed by atoms with E-state index in [1.165, 1.54) is 35.6 Å². The van der Waals surface area contributed by atoms with Crippen molar-refractivity contribution in [2.75, 3.05) is 12.0 Å². The van der Waals surface area contributed by atoms with Gasteiger partial charge in [0.15, 0.2) is 0 Å². The lowest BCUT2D eigenvalue weighted by molar-refractivity contribution is 0.593. The highest BCUT2D eigenvalue weighted by Crippen LogP contribution is 2.23. The van der Waals surface area contributed by atoms with Gasteiger partial charge in [-0.05, 0) is 37.0 Å². The maximum atomic E-state index is 11.2. The van der Waals surface area contributed by atoms with Gasteiger partial charge in [-0.25, -0.2) is 8.42 Å². The number of nitrogens with zero attached hydrogens (tertiary/aromatic N) is 1. The molecular weight excluding hydrogens is 284 g/mol. The van der Waals surface area contributed by atoms with Gasteiger partial charge in [0.25, 0.3) is 0 Å². The van der Waals surface area contributed by atoms with Gasteiger partial charge in [-0.3, -0.25) is 0 Å². The van der Waals surface area contributed by atoms with Crippen LogP contribution in [0.2, 0.25) is 0 Å². The van der Waals surface area contributed by atoms with Crippen LogP contribution in [0.1, 0.15) is 24.8 Å². The van der Waals surface area contributed by atoms with E-state index in [0.717, 1.165) is 13.1 Å². The van der Waals surface area contributed by atoms with Crippen LogP contribution in [-0.2, 0) is 22.9 Å². The number of sulfone groups is 1. The zero-order valence-corrected chi connectivity index (χ0v) is 13.2. The third-order valence-corrected chi connectivity index (χ3v) is 5.01. The fourth-order valence-corrected chi connectivity index (χ4v) is 3.33. The maximum Gasteiger partial charge on any atom is 0.147 e. The average Bonchev–Trinajstić information content (AvgIpc) is 3.16. The molecule has 0 atom stereocenters. The van der Waals surface area contributed by atoms with Crippen LogP contribution in [0.3, 0.4) is 0 Å². The van der Waals surface area contributed by atoms with Crippen molar-refractivity contribution in [1.29, 1.82) is 0 Å². The van der Waals surface area contributed by atoms with Gasteiger partial charge in [-0.2, -0.15) is 0 Å². The van der Waals surface area contributed by atoms with Gasteiger partial charge in [0.05, 0.1) is 5.75 Å². The number of aromatic nitrogens is 1. The van der Waals surface area contributed by atoms with Crippen LogP contribution in [0.15, 0.2) is 30.5 Å². The molecule has 1 N–H and O–H groups in total. The molecule has 1 aliphatic rings. The minimum atomic E-state index is -2.87. The number of hydrogen-bond acceptors (Lipinski definition) is 3. The van der Waals surface area contributed by atoms with Crippen molar-refractivity contribution < 1.29 is 8.42 Å². The summed E-state index contributed by atoms with van der Waals surface area (Å²) in [6.07, 6.45) is 6.61. The molecular formula is C16H22N2O2S. The second kappa shape index (κ2) is 5.81. The van der Waals surface area contributed by atoms with Crippen LogP contribution in [0, 0.1) is 0 Å². The largest absolute Gasteiger partial charge is 0.347 e. The molecule has 1 fully saturated rings. The highest BCUT2D eigenvalue weighted by Gasteiger charge is 2.20. The van der Waals surface area contributed by atoms with E-state index in [-0.39, 0.29) is 5.75 Å². The highest BCUT2D eigenvalue weighted by molar-refractivity contribution is 7.90. The predicted octanol–water partition coefficient (Wildman–Crippen LogP) is 2.33.